The number of carbonyl (C=O) groups excluding carboxylic acids is 2. The summed E-state index contributed by atoms with van der Waals surface area (Å²) in [4.78, 5) is 58.6. The Morgan fingerprint density at radius 3 is 2.68 bits per heavy atom. The lowest BCUT2D eigenvalue weighted by Crippen LogP contribution is -2.41. The number of aromatic nitrogens is 5. The molecule has 1 atom stereocenters. The number of thiazole rings is 1. The lowest BCUT2D eigenvalue weighted by atomic mass is 10.1. The lowest BCUT2D eigenvalue weighted by molar-refractivity contribution is -0.119. The summed E-state index contributed by atoms with van der Waals surface area (Å²) in [6.07, 6.45) is 1.33. The minimum absolute atomic E-state index is 0.0549. The molecule has 0 radical (unpaired) electrons. The van der Waals surface area contributed by atoms with Crippen LogP contribution in [0.4, 0.5) is 5.82 Å². The maximum atomic E-state index is 13.0. The van der Waals surface area contributed by atoms with E-state index in [1.54, 1.807) is 12.3 Å². The fourth-order valence-corrected chi connectivity index (χ4v) is 4.42. The van der Waals surface area contributed by atoms with Gasteiger partial charge in [0.05, 0.1) is 12.9 Å². The molecule has 3 heterocycles. The molecule has 3 aromatic heterocycles. The Labute approximate surface area is 202 Å². The van der Waals surface area contributed by atoms with Crippen molar-refractivity contribution >= 4 is 51.6 Å². The van der Waals surface area contributed by atoms with Crippen molar-refractivity contribution in [2.75, 3.05) is 5.32 Å². The van der Waals surface area contributed by atoms with Crippen LogP contribution in [0.1, 0.15) is 25.5 Å². The van der Waals surface area contributed by atoms with Crippen LogP contribution >= 0.6 is 22.9 Å². The topological polar surface area (TPSA) is 121 Å². The van der Waals surface area contributed by atoms with Crippen LogP contribution in [0.5, 0.6) is 0 Å². The summed E-state index contributed by atoms with van der Waals surface area (Å²) in [7, 11) is 1.46. The summed E-state index contributed by atoms with van der Waals surface area (Å²) in [5, 5.41) is 5.78. The minimum Gasteiger partial charge on any atom is -0.312 e. The summed E-state index contributed by atoms with van der Waals surface area (Å²) in [6.45, 7) is 4.44. The molecule has 12 heteroatoms. The lowest BCUT2D eigenvalue weighted by Gasteiger charge is -2.14. The fraction of sp³-hybridized carbons (Fsp3) is 0.273. The normalized spacial score (nSPS) is 12.1. The van der Waals surface area contributed by atoms with Gasteiger partial charge < -0.3 is 9.88 Å². The molecule has 0 aliphatic carbocycles. The summed E-state index contributed by atoms with van der Waals surface area (Å²) in [5.74, 6) is -0.409. The predicted molar refractivity (Wildman–Crippen MR) is 131 cm³/mol. The maximum Gasteiger partial charge on any atom is 0.332 e. The number of Topliss-reactive ketones (excluding diaryl/α,β-unsaturated/α-hetero) is 1. The molecule has 4 rings (SSSR count). The van der Waals surface area contributed by atoms with Crippen molar-refractivity contribution in [3.63, 3.8) is 0 Å². The third kappa shape index (κ3) is 4.19. The largest absolute Gasteiger partial charge is 0.332 e. The molecule has 0 saturated heterocycles. The molecular weight excluding hydrogens is 480 g/mol. The molecule has 10 nitrogen and oxygen atoms in total. The standard InChI is InChI=1S/C22H21ClN6O4S/c1-11-5-6-14(7-15(11)23)20-26-16(9-34-20)25-19(31)13(3)29-10-24-18-17(29)21(32)28(8-12(2)30)22(33)27(18)4/h5-7,9-10,13H,8H2,1-4H3,(H,25,31)/t13-/m0/s1. The number of aryl methyl sites for hydroxylation is 2. The number of nitrogens with zero attached hydrogens (tertiary/aromatic N) is 5. The van der Waals surface area contributed by atoms with Gasteiger partial charge in [0.25, 0.3) is 5.56 Å². The van der Waals surface area contributed by atoms with Crippen LogP contribution in [0, 0.1) is 6.92 Å². The molecule has 0 aliphatic rings. The average Bonchev–Trinajstić information content (AvgIpc) is 3.44. The molecule has 34 heavy (non-hydrogen) atoms. The number of carbonyl (C=O) groups is 2. The van der Waals surface area contributed by atoms with Crippen LogP contribution in [0.25, 0.3) is 21.7 Å². The van der Waals surface area contributed by atoms with Crippen LogP contribution in [0.2, 0.25) is 5.02 Å². The summed E-state index contributed by atoms with van der Waals surface area (Å²) >= 11 is 7.56. The van der Waals surface area contributed by atoms with Gasteiger partial charge in [0.15, 0.2) is 11.2 Å². The molecule has 176 valence electrons. The Balaban J connectivity index is 1.64. The molecule has 1 N–H and O–H groups in total. The van der Waals surface area contributed by atoms with Gasteiger partial charge in [-0.05, 0) is 32.4 Å². The Morgan fingerprint density at radius 1 is 1.26 bits per heavy atom. The maximum absolute atomic E-state index is 13.0. The van der Waals surface area contributed by atoms with E-state index in [1.165, 1.54) is 40.8 Å². The average molecular weight is 501 g/mol. The Bertz CT molecular complexity index is 1560. The summed E-state index contributed by atoms with van der Waals surface area (Å²) in [5.41, 5.74) is 0.637. The smallest absolute Gasteiger partial charge is 0.312 e. The van der Waals surface area contributed by atoms with Crippen LogP contribution in [-0.4, -0.2) is 35.4 Å². The number of ketones is 1. The van der Waals surface area contributed by atoms with E-state index < -0.39 is 23.2 Å². The van der Waals surface area contributed by atoms with Gasteiger partial charge in [0, 0.05) is 23.0 Å². The van der Waals surface area contributed by atoms with Gasteiger partial charge in [0.2, 0.25) is 5.91 Å². The number of imidazole rings is 1. The second-order valence-corrected chi connectivity index (χ2v) is 9.19. The molecule has 0 spiro atoms. The molecule has 0 unspecified atom stereocenters. The zero-order valence-corrected chi connectivity index (χ0v) is 20.4. The second-order valence-electron chi connectivity index (χ2n) is 7.93. The SMILES string of the molecule is CC(=O)Cn1c(=O)c2c(ncn2[C@@H](C)C(=O)Nc2csc(-c3ccc(C)c(Cl)c3)n2)n(C)c1=O. The number of rotatable bonds is 6. The molecule has 1 aromatic carbocycles. The quantitative estimate of drug-likeness (QED) is 0.434. The van der Waals surface area contributed by atoms with E-state index in [9.17, 15) is 19.2 Å². The van der Waals surface area contributed by atoms with E-state index in [2.05, 4.69) is 15.3 Å². The van der Waals surface area contributed by atoms with E-state index in [-0.39, 0.29) is 23.5 Å². The zero-order chi connectivity index (χ0) is 24.7. The van der Waals surface area contributed by atoms with Gasteiger partial charge in [-0.3, -0.25) is 23.5 Å². The Hall–Kier alpha value is -3.57. The first-order valence-corrected chi connectivity index (χ1v) is 11.5. The number of anilines is 1. The highest BCUT2D eigenvalue weighted by atomic mass is 35.5. The van der Waals surface area contributed by atoms with Crippen LogP contribution < -0.4 is 16.6 Å². The highest BCUT2D eigenvalue weighted by Gasteiger charge is 2.23. The highest BCUT2D eigenvalue weighted by Crippen LogP contribution is 2.29. The van der Waals surface area contributed by atoms with Crippen molar-refractivity contribution in [1.29, 1.82) is 0 Å². The molecule has 0 bridgehead atoms. The van der Waals surface area contributed by atoms with E-state index in [4.69, 9.17) is 11.6 Å². The number of benzene rings is 1. The predicted octanol–water partition coefficient (Wildman–Crippen LogP) is 2.77. The van der Waals surface area contributed by atoms with Crippen LogP contribution in [-0.2, 0) is 23.2 Å². The van der Waals surface area contributed by atoms with Gasteiger partial charge in [-0.15, -0.1) is 11.3 Å². The van der Waals surface area contributed by atoms with Crippen molar-refractivity contribution in [2.45, 2.75) is 33.4 Å². The molecular formula is C22H21ClN6O4S. The number of hydrogen-bond donors (Lipinski definition) is 1. The van der Waals surface area contributed by atoms with E-state index >= 15 is 0 Å². The zero-order valence-electron chi connectivity index (χ0n) is 18.8. The van der Waals surface area contributed by atoms with Gasteiger partial charge in [-0.25, -0.2) is 14.8 Å². The Kier molecular flexibility index (Phi) is 6.24. The monoisotopic (exact) mass is 500 g/mol. The fourth-order valence-electron chi connectivity index (χ4n) is 3.49. The van der Waals surface area contributed by atoms with Crippen molar-refractivity contribution in [1.82, 2.24) is 23.7 Å². The number of hydrogen-bond acceptors (Lipinski definition) is 7. The van der Waals surface area contributed by atoms with Crippen LogP contribution in [0.3, 0.4) is 0 Å². The number of amides is 1. The van der Waals surface area contributed by atoms with E-state index in [1.807, 2.05) is 25.1 Å². The number of halogens is 1. The van der Waals surface area contributed by atoms with Gasteiger partial charge in [-0.1, -0.05) is 23.7 Å². The molecule has 0 fully saturated rings. The Morgan fingerprint density at radius 2 is 2.00 bits per heavy atom. The third-order valence-electron chi connectivity index (χ3n) is 5.41. The first-order valence-electron chi connectivity index (χ1n) is 10.3. The number of fused-ring (bicyclic) bond motifs is 1. The third-order valence-corrected chi connectivity index (χ3v) is 6.71. The van der Waals surface area contributed by atoms with Gasteiger partial charge in [0.1, 0.15) is 22.7 Å². The van der Waals surface area contributed by atoms with Crippen molar-refractivity contribution in [2.24, 2.45) is 7.05 Å². The van der Waals surface area contributed by atoms with Crippen molar-refractivity contribution < 1.29 is 9.59 Å². The summed E-state index contributed by atoms with van der Waals surface area (Å²) < 4.78 is 3.41. The van der Waals surface area contributed by atoms with Gasteiger partial charge >= 0.3 is 5.69 Å². The molecule has 4 aromatic rings. The highest BCUT2D eigenvalue weighted by molar-refractivity contribution is 7.13. The van der Waals surface area contributed by atoms with E-state index in [0.717, 1.165) is 15.7 Å². The van der Waals surface area contributed by atoms with Crippen molar-refractivity contribution in [3.8, 4) is 10.6 Å². The van der Waals surface area contributed by atoms with Crippen molar-refractivity contribution in [3.05, 3.63) is 61.3 Å². The first kappa shape index (κ1) is 23.6. The summed E-state index contributed by atoms with van der Waals surface area (Å²) in [6, 6.07) is 4.77. The first-order chi connectivity index (χ1) is 16.1. The molecule has 1 amide bonds. The van der Waals surface area contributed by atoms with Gasteiger partial charge in [-0.2, -0.15) is 0 Å². The van der Waals surface area contributed by atoms with E-state index in [0.29, 0.717) is 15.8 Å². The number of nitrogens with one attached hydrogen (secondary N) is 1. The second kappa shape index (κ2) is 8.99. The van der Waals surface area contributed by atoms with Crippen LogP contribution in [0.15, 0.2) is 39.5 Å². The molecule has 0 aliphatic heterocycles. The minimum atomic E-state index is -0.847. The molecule has 0 saturated carbocycles.